The zero-order valence-corrected chi connectivity index (χ0v) is 14.6. The molecule has 7 heteroatoms. The van der Waals surface area contributed by atoms with Crippen LogP contribution < -0.4 is 0 Å². The van der Waals surface area contributed by atoms with Crippen molar-refractivity contribution in [1.29, 1.82) is 0 Å². The second kappa shape index (κ2) is 13.1. The van der Waals surface area contributed by atoms with Crippen molar-refractivity contribution >= 4 is 13.5 Å². The summed E-state index contributed by atoms with van der Waals surface area (Å²) in [7, 11) is -4.05. The van der Waals surface area contributed by atoms with Gasteiger partial charge in [0.2, 0.25) is 5.91 Å². The number of nitrogens with zero attached hydrogens (tertiary/aromatic N) is 1. The molecule has 0 aliphatic heterocycles. The number of hydroxylamine groups is 2. The van der Waals surface area contributed by atoms with Crippen molar-refractivity contribution in [2.75, 3.05) is 12.7 Å². The normalized spacial score (nSPS) is 11.6. The van der Waals surface area contributed by atoms with Gasteiger partial charge in [-0.25, -0.2) is 5.06 Å². The number of carbonyl (C=O) groups excluding carboxylic acids is 1. The highest BCUT2D eigenvalue weighted by Crippen LogP contribution is 2.34. The maximum atomic E-state index is 11.6. The maximum Gasteiger partial charge on any atom is 0.325 e. The Kier molecular flexibility index (Phi) is 12.8. The molecule has 3 N–H and O–H groups in total. The molecule has 22 heavy (non-hydrogen) atoms. The first-order valence-electron chi connectivity index (χ1n) is 8.40. The number of hydrogen-bond donors (Lipinski definition) is 3. The van der Waals surface area contributed by atoms with Crippen LogP contribution in [0, 0.1) is 0 Å². The lowest BCUT2D eigenvalue weighted by molar-refractivity contribution is -0.165. The molecule has 0 aliphatic rings. The summed E-state index contributed by atoms with van der Waals surface area (Å²) in [5.41, 5.74) is 0. The third kappa shape index (κ3) is 14.5. The zero-order chi connectivity index (χ0) is 16.8. The van der Waals surface area contributed by atoms with E-state index in [4.69, 9.17) is 9.79 Å². The smallest absolute Gasteiger partial charge is 0.324 e. The van der Waals surface area contributed by atoms with Crippen LogP contribution in [-0.2, 0) is 9.36 Å². The van der Waals surface area contributed by atoms with E-state index in [1.54, 1.807) is 0 Å². The van der Waals surface area contributed by atoms with Gasteiger partial charge in [0.25, 0.3) is 0 Å². The van der Waals surface area contributed by atoms with Crippen molar-refractivity contribution in [3.05, 3.63) is 0 Å². The maximum absolute atomic E-state index is 11.6. The van der Waals surface area contributed by atoms with Gasteiger partial charge in [0.15, 0.2) is 0 Å². The molecule has 0 saturated carbocycles. The lowest BCUT2D eigenvalue weighted by atomic mass is 10.1. The minimum Gasteiger partial charge on any atom is -0.324 e. The summed E-state index contributed by atoms with van der Waals surface area (Å²) in [4.78, 5) is 29.0. The van der Waals surface area contributed by atoms with Crippen molar-refractivity contribution < 1.29 is 24.4 Å². The Balaban J connectivity index is 3.46. The molecule has 0 unspecified atom stereocenters. The van der Waals surface area contributed by atoms with Crippen LogP contribution in [0.2, 0.25) is 0 Å². The van der Waals surface area contributed by atoms with E-state index in [9.17, 15) is 14.6 Å². The van der Waals surface area contributed by atoms with Crippen LogP contribution in [0.5, 0.6) is 0 Å². The van der Waals surface area contributed by atoms with Gasteiger partial charge in [-0.2, -0.15) is 0 Å². The number of carbonyl (C=O) groups is 1. The second-order valence-electron chi connectivity index (χ2n) is 5.84. The Bertz CT molecular complexity index is 332. The van der Waals surface area contributed by atoms with Gasteiger partial charge in [0.1, 0.15) is 0 Å². The van der Waals surface area contributed by atoms with Gasteiger partial charge < -0.3 is 9.79 Å². The van der Waals surface area contributed by atoms with E-state index in [1.807, 2.05) is 0 Å². The summed E-state index contributed by atoms with van der Waals surface area (Å²) in [6, 6.07) is 0. The van der Waals surface area contributed by atoms with E-state index in [2.05, 4.69) is 6.92 Å². The molecule has 0 saturated heterocycles. The summed E-state index contributed by atoms with van der Waals surface area (Å²) in [5, 5.41) is 10.1. The van der Waals surface area contributed by atoms with Crippen molar-refractivity contribution in [2.24, 2.45) is 0 Å². The lowest BCUT2D eigenvalue weighted by Crippen LogP contribution is -2.28. The SMILES string of the molecule is CCCCCCCCCCCC(=O)N(O)CCCP(=O)(O)O. The topological polar surface area (TPSA) is 98.1 Å². The summed E-state index contributed by atoms with van der Waals surface area (Å²) >= 11 is 0. The van der Waals surface area contributed by atoms with Crippen LogP contribution >= 0.6 is 7.60 Å². The van der Waals surface area contributed by atoms with Crippen molar-refractivity contribution in [1.82, 2.24) is 5.06 Å². The van der Waals surface area contributed by atoms with Crippen LogP contribution in [0.15, 0.2) is 0 Å². The minimum absolute atomic E-state index is 0.0264. The molecule has 0 bridgehead atoms. The molecule has 0 aromatic rings. The fourth-order valence-corrected chi connectivity index (χ4v) is 2.82. The Morgan fingerprint density at radius 2 is 1.41 bits per heavy atom. The van der Waals surface area contributed by atoms with Crippen LogP contribution in [0.1, 0.15) is 77.6 Å². The van der Waals surface area contributed by atoms with E-state index >= 15 is 0 Å². The van der Waals surface area contributed by atoms with Crippen LogP contribution in [0.4, 0.5) is 0 Å². The van der Waals surface area contributed by atoms with Gasteiger partial charge in [0.05, 0.1) is 6.16 Å². The third-order valence-corrected chi connectivity index (χ3v) is 4.50. The van der Waals surface area contributed by atoms with E-state index in [0.717, 1.165) is 19.3 Å². The molecule has 0 fully saturated rings. The molecule has 0 heterocycles. The molecule has 0 spiro atoms. The van der Waals surface area contributed by atoms with E-state index in [1.165, 1.54) is 38.5 Å². The van der Waals surface area contributed by atoms with Gasteiger partial charge in [-0.05, 0) is 12.8 Å². The first-order chi connectivity index (χ1) is 10.4. The van der Waals surface area contributed by atoms with Gasteiger partial charge in [-0.3, -0.25) is 14.6 Å². The molecule has 6 nitrogen and oxygen atoms in total. The molecule has 0 radical (unpaired) electrons. The standard InChI is InChI=1S/C15H32NO5P/c1-2-3-4-5-6-7-8-9-10-12-15(17)16(18)13-11-14-22(19,20)21/h18H,2-14H2,1H3,(H2,19,20,21). The predicted octanol–water partition coefficient (Wildman–Crippen LogP) is 3.69. The monoisotopic (exact) mass is 337 g/mol. The quantitative estimate of drug-likeness (QED) is 0.194. The van der Waals surface area contributed by atoms with Crippen LogP contribution in [0.3, 0.4) is 0 Å². The second-order valence-corrected chi connectivity index (χ2v) is 7.61. The molecular formula is C15H32NO5P. The van der Waals surface area contributed by atoms with Crippen LogP contribution in [-0.4, -0.2) is 38.7 Å². The molecule has 1 amide bonds. The Labute approximate surface area is 134 Å². The molecular weight excluding hydrogens is 305 g/mol. The summed E-state index contributed by atoms with van der Waals surface area (Å²) < 4.78 is 10.6. The van der Waals surface area contributed by atoms with Gasteiger partial charge in [-0.15, -0.1) is 0 Å². The fraction of sp³-hybridized carbons (Fsp3) is 0.933. The Morgan fingerprint density at radius 1 is 0.909 bits per heavy atom. The first kappa shape index (κ1) is 21.6. The minimum atomic E-state index is -4.05. The molecule has 132 valence electrons. The largest absolute Gasteiger partial charge is 0.325 e. The fourth-order valence-electron chi connectivity index (χ4n) is 2.27. The number of hydrogen-bond acceptors (Lipinski definition) is 3. The molecule has 0 atom stereocenters. The van der Waals surface area contributed by atoms with E-state index in [0.29, 0.717) is 11.5 Å². The van der Waals surface area contributed by atoms with E-state index < -0.39 is 7.60 Å². The van der Waals surface area contributed by atoms with Crippen molar-refractivity contribution in [3.63, 3.8) is 0 Å². The number of rotatable bonds is 14. The van der Waals surface area contributed by atoms with E-state index in [-0.39, 0.29) is 25.0 Å². The molecule has 0 aliphatic carbocycles. The summed E-state index contributed by atoms with van der Waals surface area (Å²) in [6.45, 7) is 2.18. The highest BCUT2D eigenvalue weighted by molar-refractivity contribution is 7.51. The number of amides is 1. The van der Waals surface area contributed by atoms with Gasteiger partial charge in [0, 0.05) is 13.0 Å². The molecule has 0 rings (SSSR count). The highest BCUT2D eigenvalue weighted by Gasteiger charge is 2.15. The Morgan fingerprint density at radius 3 is 1.91 bits per heavy atom. The molecule has 0 aromatic carbocycles. The summed E-state index contributed by atoms with van der Waals surface area (Å²) in [6.07, 6.45) is 10.5. The van der Waals surface area contributed by atoms with Crippen molar-refractivity contribution in [3.8, 4) is 0 Å². The van der Waals surface area contributed by atoms with Crippen molar-refractivity contribution in [2.45, 2.75) is 77.6 Å². The van der Waals surface area contributed by atoms with Crippen LogP contribution in [0.25, 0.3) is 0 Å². The Hall–Kier alpha value is -0.420. The third-order valence-electron chi connectivity index (χ3n) is 3.60. The average molecular weight is 337 g/mol. The first-order valence-corrected chi connectivity index (χ1v) is 10.2. The predicted molar refractivity (Wildman–Crippen MR) is 86.9 cm³/mol. The number of unbranched alkanes of at least 4 members (excludes halogenated alkanes) is 8. The van der Waals surface area contributed by atoms with Gasteiger partial charge >= 0.3 is 7.60 Å². The lowest BCUT2D eigenvalue weighted by Gasteiger charge is -2.15. The molecule has 0 aromatic heterocycles. The zero-order valence-electron chi connectivity index (χ0n) is 13.7. The average Bonchev–Trinajstić information content (AvgIpc) is 2.43. The van der Waals surface area contributed by atoms with Gasteiger partial charge in [-0.1, -0.05) is 58.3 Å². The summed E-state index contributed by atoms with van der Waals surface area (Å²) in [5.74, 6) is -0.367. The highest BCUT2D eigenvalue weighted by atomic mass is 31.2.